The van der Waals surface area contributed by atoms with Gasteiger partial charge >= 0.3 is 6.03 Å². The van der Waals surface area contributed by atoms with Crippen LogP contribution in [0.25, 0.3) is 0 Å². The van der Waals surface area contributed by atoms with Crippen LogP contribution in [0.2, 0.25) is 0 Å². The molecule has 0 heterocycles. The van der Waals surface area contributed by atoms with E-state index in [9.17, 15) is 9.90 Å². The van der Waals surface area contributed by atoms with E-state index in [0.29, 0.717) is 34.1 Å². The van der Waals surface area contributed by atoms with Gasteiger partial charge in [0.2, 0.25) is 0 Å². The van der Waals surface area contributed by atoms with Gasteiger partial charge in [0.05, 0.1) is 42.2 Å². The maximum Gasteiger partial charge on any atom is 0.323 e. The lowest BCUT2D eigenvalue weighted by molar-refractivity contribution is 0.261. The van der Waals surface area contributed by atoms with Crippen LogP contribution >= 0.6 is 0 Å². The highest BCUT2D eigenvalue weighted by atomic mass is 16.5. The first-order valence-electron chi connectivity index (χ1n) is 11.5. The highest BCUT2D eigenvalue weighted by Gasteiger charge is 2.11. The minimum absolute atomic E-state index is 0.284. The van der Waals surface area contributed by atoms with Crippen molar-refractivity contribution >= 4 is 40.2 Å². The van der Waals surface area contributed by atoms with Gasteiger partial charge in [-0.1, -0.05) is 30.3 Å². The predicted molar refractivity (Wildman–Crippen MR) is 144 cm³/mol. The van der Waals surface area contributed by atoms with E-state index in [1.807, 2.05) is 61.5 Å². The van der Waals surface area contributed by atoms with Crippen molar-refractivity contribution in [2.24, 2.45) is 20.5 Å². The molecule has 0 saturated heterocycles. The Morgan fingerprint density at radius 1 is 0.730 bits per heavy atom. The molecule has 4 aromatic rings. The molecule has 0 aliphatic rings. The summed E-state index contributed by atoms with van der Waals surface area (Å²) >= 11 is 0. The van der Waals surface area contributed by atoms with E-state index >= 15 is 0 Å². The fourth-order valence-corrected chi connectivity index (χ4v) is 3.43. The number of benzene rings is 4. The summed E-state index contributed by atoms with van der Waals surface area (Å²) in [4.78, 5) is 12.7. The van der Waals surface area contributed by atoms with Crippen molar-refractivity contribution in [2.45, 2.75) is 13.5 Å². The van der Waals surface area contributed by atoms with Gasteiger partial charge in [0.25, 0.3) is 0 Å². The summed E-state index contributed by atoms with van der Waals surface area (Å²) in [6.07, 6.45) is 0. The number of methoxy groups -OCH3 is 1. The molecule has 4 rings (SSSR count). The van der Waals surface area contributed by atoms with Gasteiger partial charge in [0, 0.05) is 17.3 Å². The van der Waals surface area contributed by atoms with Crippen molar-refractivity contribution in [3.63, 3.8) is 0 Å². The Kier molecular flexibility index (Phi) is 8.30. The van der Waals surface area contributed by atoms with Gasteiger partial charge in [0.1, 0.15) is 5.75 Å². The smallest absolute Gasteiger partial charge is 0.323 e. The SMILES string of the molecule is COc1cc(N=Nc2ccccc2)ccc1NC(=O)Nc1ccc(N=Nc2cccc(C)c2)cc1CO. The molecule has 3 N–H and O–H groups in total. The van der Waals surface area contributed by atoms with Crippen molar-refractivity contribution in [1.29, 1.82) is 0 Å². The molecule has 0 radical (unpaired) electrons. The molecule has 4 aromatic carbocycles. The molecule has 37 heavy (non-hydrogen) atoms. The Bertz CT molecular complexity index is 1440. The Hall–Kier alpha value is -4.89. The Morgan fingerprint density at radius 3 is 2.00 bits per heavy atom. The molecule has 9 heteroatoms. The van der Waals surface area contributed by atoms with E-state index in [1.54, 1.807) is 36.4 Å². The lowest BCUT2D eigenvalue weighted by Crippen LogP contribution is -2.20. The number of nitrogens with zero attached hydrogens (tertiary/aromatic N) is 4. The summed E-state index contributed by atoms with van der Waals surface area (Å²) in [5, 5.41) is 32.2. The van der Waals surface area contributed by atoms with Gasteiger partial charge in [0.15, 0.2) is 0 Å². The minimum atomic E-state index is -0.499. The predicted octanol–water partition coefficient (Wildman–Crippen LogP) is 7.97. The molecule has 0 aromatic heterocycles. The van der Waals surface area contributed by atoms with Gasteiger partial charge in [-0.25, -0.2) is 4.79 Å². The average Bonchev–Trinajstić information content (AvgIpc) is 2.92. The Balaban J connectivity index is 1.43. The second-order valence-corrected chi connectivity index (χ2v) is 8.04. The number of aliphatic hydroxyl groups excluding tert-OH is 1. The maximum atomic E-state index is 12.7. The second kappa shape index (κ2) is 12.2. The number of urea groups is 1. The normalized spacial score (nSPS) is 11.1. The third-order valence-electron chi connectivity index (χ3n) is 5.26. The van der Waals surface area contributed by atoms with Crippen LogP contribution in [0.15, 0.2) is 111 Å². The summed E-state index contributed by atoms with van der Waals surface area (Å²) in [5.41, 5.74) is 5.07. The molecule has 0 unspecified atom stereocenters. The Labute approximate surface area is 214 Å². The largest absolute Gasteiger partial charge is 0.494 e. The first kappa shape index (κ1) is 25.2. The number of nitrogens with one attached hydrogen (secondary N) is 2. The third kappa shape index (κ3) is 7.06. The number of hydrogen-bond donors (Lipinski definition) is 3. The quantitative estimate of drug-likeness (QED) is 0.215. The molecule has 186 valence electrons. The minimum Gasteiger partial charge on any atom is -0.494 e. The number of azo groups is 2. The van der Waals surface area contributed by atoms with E-state index in [2.05, 4.69) is 31.1 Å². The summed E-state index contributed by atoms with van der Waals surface area (Å²) in [6, 6.07) is 26.7. The number of amides is 2. The van der Waals surface area contributed by atoms with Gasteiger partial charge in [-0.15, -0.1) is 0 Å². The molecule has 0 bridgehead atoms. The Morgan fingerprint density at radius 2 is 1.32 bits per heavy atom. The number of aliphatic hydroxyl groups is 1. The third-order valence-corrected chi connectivity index (χ3v) is 5.26. The fraction of sp³-hybridized carbons (Fsp3) is 0.107. The van der Waals surface area contributed by atoms with Gasteiger partial charge in [-0.3, -0.25) is 0 Å². The maximum absolute atomic E-state index is 12.7. The van der Waals surface area contributed by atoms with E-state index in [4.69, 9.17) is 4.74 Å². The molecular formula is C28H26N6O3. The monoisotopic (exact) mass is 494 g/mol. The van der Waals surface area contributed by atoms with Crippen molar-refractivity contribution in [1.82, 2.24) is 0 Å². The lowest BCUT2D eigenvalue weighted by Gasteiger charge is -2.13. The van der Waals surface area contributed by atoms with E-state index in [-0.39, 0.29) is 6.61 Å². The first-order valence-corrected chi connectivity index (χ1v) is 11.5. The molecule has 0 spiro atoms. The molecule has 0 atom stereocenters. The van der Waals surface area contributed by atoms with Crippen LogP contribution in [0.3, 0.4) is 0 Å². The number of aryl methyl sites for hydroxylation is 1. The second-order valence-electron chi connectivity index (χ2n) is 8.04. The number of ether oxygens (including phenoxy) is 1. The van der Waals surface area contributed by atoms with Gasteiger partial charge in [-0.05, 0) is 67.1 Å². The number of carbonyl (C=O) groups excluding carboxylic acids is 1. The highest BCUT2D eigenvalue weighted by molar-refractivity contribution is 6.01. The molecule has 0 aliphatic heterocycles. The summed E-state index contributed by atoms with van der Waals surface area (Å²) in [6.45, 7) is 1.70. The fourth-order valence-electron chi connectivity index (χ4n) is 3.43. The molecule has 2 amide bonds. The zero-order chi connectivity index (χ0) is 26.0. The molecular weight excluding hydrogens is 468 g/mol. The first-order chi connectivity index (χ1) is 18.0. The standard InChI is InChI=1S/C28H26N6O3/c1-19-7-6-10-22(15-19)32-33-23-11-13-25(20(16-23)18-35)29-28(36)30-26-14-12-24(17-27(26)37-2)34-31-21-8-4-3-5-9-21/h3-17,35H,18H2,1-2H3,(H2,29,30,36). The number of rotatable bonds is 8. The lowest BCUT2D eigenvalue weighted by atomic mass is 10.1. The van der Waals surface area contributed by atoms with Crippen LogP contribution in [0.1, 0.15) is 11.1 Å². The molecule has 0 saturated carbocycles. The van der Waals surface area contributed by atoms with Crippen LogP contribution in [0.4, 0.5) is 38.9 Å². The average molecular weight is 495 g/mol. The number of hydrogen-bond acceptors (Lipinski definition) is 7. The number of anilines is 2. The van der Waals surface area contributed by atoms with Crippen LogP contribution in [0.5, 0.6) is 5.75 Å². The molecule has 9 nitrogen and oxygen atoms in total. The molecule has 0 aliphatic carbocycles. The summed E-state index contributed by atoms with van der Waals surface area (Å²) < 4.78 is 5.41. The topological polar surface area (TPSA) is 120 Å². The number of carbonyl (C=O) groups is 1. The van der Waals surface area contributed by atoms with E-state index < -0.39 is 6.03 Å². The van der Waals surface area contributed by atoms with E-state index in [0.717, 1.165) is 16.9 Å². The van der Waals surface area contributed by atoms with Crippen molar-refractivity contribution in [2.75, 3.05) is 17.7 Å². The van der Waals surface area contributed by atoms with Crippen LogP contribution in [-0.4, -0.2) is 18.2 Å². The van der Waals surface area contributed by atoms with Gasteiger partial charge in [-0.2, -0.15) is 20.5 Å². The van der Waals surface area contributed by atoms with Crippen molar-refractivity contribution in [3.8, 4) is 5.75 Å². The zero-order valence-corrected chi connectivity index (χ0v) is 20.4. The van der Waals surface area contributed by atoms with Crippen LogP contribution < -0.4 is 15.4 Å². The van der Waals surface area contributed by atoms with E-state index in [1.165, 1.54) is 7.11 Å². The van der Waals surface area contributed by atoms with Gasteiger partial charge < -0.3 is 20.5 Å². The summed E-state index contributed by atoms with van der Waals surface area (Å²) in [5.74, 6) is 0.425. The van der Waals surface area contributed by atoms with Crippen LogP contribution in [0, 0.1) is 6.92 Å². The molecule has 0 fully saturated rings. The van der Waals surface area contributed by atoms with Crippen molar-refractivity contribution < 1.29 is 14.6 Å². The summed E-state index contributed by atoms with van der Waals surface area (Å²) in [7, 11) is 1.50. The van der Waals surface area contributed by atoms with Crippen molar-refractivity contribution in [3.05, 3.63) is 102 Å². The van der Waals surface area contributed by atoms with Crippen LogP contribution in [-0.2, 0) is 6.61 Å². The zero-order valence-electron chi connectivity index (χ0n) is 20.4. The highest BCUT2D eigenvalue weighted by Crippen LogP contribution is 2.31.